The molecule has 2 bridgehead atoms. The van der Waals surface area contributed by atoms with E-state index in [2.05, 4.69) is 10.2 Å². The van der Waals surface area contributed by atoms with Crippen LogP contribution in [-0.4, -0.2) is 42.5 Å². The fourth-order valence-electron chi connectivity index (χ4n) is 2.33. The molecular weight excluding hydrogens is 166 g/mol. The van der Waals surface area contributed by atoms with Gasteiger partial charge in [-0.25, -0.2) is 0 Å². The maximum absolute atomic E-state index is 10.6. The third kappa shape index (κ3) is 2.00. The lowest BCUT2D eigenvalue weighted by Crippen LogP contribution is -2.61. The second kappa shape index (κ2) is 3.64. The number of fused-ring (bicyclic) bond motifs is 3. The third-order valence-electron chi connectivity index (χ3n) is 3.11. The molecule has 2 atom stereocenters. The summed E-state index contributed by atoms with van der Waals surface area (Å²) in [4.78, 5) is 13.0. The highest BCUT2D eigenvalue weighted by Gasteiger charge is 2.32. The Morgan fingerprint density at radius 2 is 2.38 bits per heavy atom. The normalized spacial score (nSPS) is 33.5. The second-order valence-corrected chi connectivity index (χ2v) is 4.05. The van der Waals surface area contributed by atoms with Gasteiger partial charge in [0.25, 0.3) is 0 Å². The molecule has 0 spiro atoms. The van der Waals surface area contributed by atoms with E-state index in [-0.39, 0.29) is 5.91 Å². The maximum atomic E-state index is 10.6. The highest BCUT2D eigenvalue weighted by Crippen LogP contribution is 2.21. The van der Waals surface area contributed by atoms with Crippen LogP contribution in [0.3, 0.4) is 0 Å². The predicted octanol–water partition coefficient (Wildman–Crippen LogP) is -0.702. The molecule has 3 saturated heterocycles. The number of carbonyl (C=O) groups excluding carboxylic acids is 1. The van der Waals surface area contributed by atoms with Gasteiger partial charge in [-0.15, -0.1) is 0 Å². The van der Waals surface area contributed by atoms with E-state index in [0.717, 1.165) is 19.6 Å². The zero-order valence-electron chi connectivity index (χ0n) is 7.83. The van der Waals surface area contributed by atoms with Crippen LogP contribution in [0.2, 0.25) is 0 Å². The molecule has 13 heavy (non-hydrogen) atoms. The summed E-state index contributed by atoms with van der Waals surface area (Å²) >= 11 is 0. The van der Waals surface area contributed by atoms with Crippen LogP contribution in [0.25, 0.3) is 0 Å². The minimum Gasteiger partial charge on any atom is -0.370 e. The SMILES string of the molecule is NC(=O)CCN1CC2CCC1CN2. The topological polar surface area (TPSA) is 58.4 Å². The average Bonchev–Trinajstić information content (AvgIpc) is 2.17. The van der Waals surface area contributed by atoms with E-state index in [1.54, 1.807) is 0 Å². The van der Waals surface area contributed by atoms with E-state index in [1.807, 2.05) is 0 Å². The van der Waals surface area contributed by atoms with Crippen molar-refractivity contribution in [1.82, 2.24) is 10.2 Å². The van der Waals surface area contributed by atoms with Crippen molar-refractivity contribution in [2.45, 2.75) is 31.3 Å². The summed E-state index contributed by atoms with van der Waals surface area (Å²) < 4.78 is 0. The molecule has 74 valence electrons. The first-order chi connectivity index (χ1) is 6.25. The Morgan fingerprint density at radius 1 is 1.54 bits per heavy atom. The molecule has 3 heterocycles. The molecule has 0 aliphatic carbocycles. The summed E-state index contributed by atoms with van der Waals surface area (Å²) in [5, 5.41) is 3.48. The van der Waals surface area contributed by atoms with Gasteiger partial charge >= 0.3 is 0 Å². The van der Waals surface area contributed by atoms with E-state index in [0.29, 0.717) is 18.5 Å². The average molecular weight is 183 g/mol. The molecule has 3 aliphatic rings. The molecular formula is C9H17N3O. The lowest BCUT2D eigenvalue weighted by atomic mass is 9.93. The molecule has 0 saturated carbocycles. The van der Waals surface area contributed by atoms with Gasteiger partial charge in [-0.2, -0.15) is 0 Å². The molecule has 4 nitrogen and oxygen atoms in total. The Balaban J connectivity index is 1.83. The molecule has 3 N–H and O–H groups in total. The number of piperidine rings is 2. The van der Waals surface area contributed by atoms with E-state index in [9.17, 15) is 4.79 Å². The van der Waals surface area contributed by atoms with Gasteiger partial charge in [-0.3, -0.25) is 9.69 Å². The highest BCUT2D eigenvalue weighted by atomic mass is 16.1. The van der Waals surface area contributed by atoms with Crippen LogP contribution in [0.1, 0.15) is 19.3 Å². The molecule has 0 aromatic rings. The van der Waals surface area contributed by atoms with Gasteiger partial charge in [0.15, 0.2) is 0 Å². The third-order valence-corrected chi connectivity index (χ3v) is 3.11. The molecule has 4 heteroatoms. The number of carbonyl (C=O) groups is 1. The number of hydrogen-bond acceptors (Lipinski definition) is 3. The van der Waals surface area contributed by atoms with Crippen molar-refractivity contribution in [3.05, 3.63) is 0 Å². The molecule has 3 fully saturated rings. The molecule has 0 radical (unpaired) electrons. The predicted molar refractivity (Wildman–Crippen MR) is 50.2 cm³/mol. The van der Waals surface area contributed by atoms with Crippen LogP contribution in [0.15, 0.2) is 0 Å². The van der Waals surface area contributed by atoms with Gasteiger partial charge in [0.1, 0.15) is 0 Å². The molecule has 0 aromatic heterocycles. The van der Waals surface area contributed by atoms with Gasteiger partial charge < -0.3 is 11.1 Å². The standard InChI is InChI=1S/C9H17N3O/c10-9(13)3-4-12-6-7-1-2-8(12)5-11-7/h7-8,11H,1-6H2,(H2,10,13). The van der Waals surface area contributed by atoms with Gasteiger partial charge in [-0.1, -0.05) is 0 Å². The second-order valence-electron chi connectivity index (χ2n) is 4.05. The minimum atomic E-state index is -0.186. The van der Waals surface area contributed by atoms with Crippen molar-refractivity contribution in [2.75, 3.05) is 19.6 Å². The van der Waals surface area contributed by atoms with Crippen molar-refractivity contribution in [2.24, 2.45) is 5.73 Å². The highest BCUT2D eigenvalue weighted by molar-refractivity contribution is 5.73. The van der Waals surface area contributed by atoms with Crippen LogP contribution in [0, 0.1) is 0 Å². The van der Waals surface area contributed by atoms with Crippen molar-refractivity contribution in [3.8, 4) is 0 Å². The van der Waals surface area contributed by atoms with Crippen molar-refractivity contribution in [3.63, 3.8) is 0 Å². The van der Waals surface area contributed by atoms with Gasteiger partial charge in [-0.05, 0) is 12.8 Å². The zero-order valence-corrected chi connectivity index (χ0v) is 7.83. The lowest BCUT2D eigenvalue weighted by molar-refractivity contribution is -0.118. The first-order valence-electron chi connectivity index (χ1n) is 5.01. The fraction of sp³-hybridized carbons (Fsp3) is 0.889. The Labute approximate surface area is 78.5 Å². The van der Waals surface area contributed by atoms with E-state index < -0.39 is 0 Å². The van der Waals surface area contributed by atoms with Crippen molar-refractivity contribution >= 4 is 5.91 Å². The van der Waals surface area contributed by atoms with Crippen LogP contribution in [-0.2, 0) is 4.79 Å². The first-order valence-corrected chi connectivity index (χ1v) is 5.01. The van der Waals surface area contributed by atoms with E-state index >= 15 is 0 Å². The molecule has 3 rings (SSSR count). The number of primary amides is 1. The maximum Gasteiger partial charge on any atom is 0.218 e. The summed E-state index contributed by atoms with van der Waals surface area (Å²) in [5.41, 5.74) is 5.13. The number of nitrogens with two attached hydrogens (primary N) is 1. The smallest absolute Gasteiger partial charge is 0.218 e. The lowest BCUT2D eigenvalue weighted by Gasteiger charge is -2.45. The van der Waals surface area contributed by atoms with Gasteiger partial charge in [0, 0.05) is 38.1 Å². The van der Waals surface area contributed by atoms with Gasteiger partial charge in [0.05, 0.1) is 0 Å². The number of rotatable bonds is 3. The van der Waals surface area contributed by atoms with E-state index in [1.165, 1.54) is 12.8 Å². The fourth-order valence-corrected chi connectivity index (χ4v) is 2.33. The summed E-state index contributed by atoms with van der Waals surface area (Å²) in [6.07, 6.45) is 3.07. The summed E-state index contributed by atoms with van der Waals surface area (Å²) in [5.74, 6) is -0.186. The summed E-state index contributed by atoms with van der Waals surface area (Å²) in [6.45, 7) is 3.03. The number of nitrogens with zero attached hydrogens (tertiary/aromatic N) is 1. The van der Waals surface area contributed by atoms with Crippen molar-refractivity contribution < 1.29 is 4.79 Å². The van der Waals surface area contributed by atoms with E-state index in [4.69, 9.17) is 5.73 Å². The summed E-state index contributed by atoms with van der Waals surface area (Å²) in [7, 11) is 0. The minimum absolute atomic E-state index is 0.186. The molecule has 1 amide bonds. The molecule has 3 aliphatic heterocycles. The zero-order chi connectivity index (χ0) is 9.26. The molecule has 2 unspecified atom stereocenters. The Kier molecular flexibility index (Phi) is 2.51. The largest absolute Gasteiger partial charge is 0.370 e. The van der Waals surface area contributed by atoms with Crippen LogP contribution in [0.4, 0.5) is 0 Å². The Bertz CT molecular complexity index is 199. The molecule has 0 aromatic carbocycles. The number of hydrogen-bond donors (Lipinski definition) is 2. The number of nitrogens with one attached hydrogen (secondary N) is 1. The monoisotopic (exact) mass is 183 g/mol. The number of piperazine rings is 1. The van der Waals surface area contributed by atoms with Gasteiger partial charge in [0.2, 0.25) is 5.91 Å². The first kappa shape index (κ1) is 8.97. The van der Waals surface area contributed by atoms with Crippen LogP contribution >= 0.6 is 0 Å². The summed E-state index contributed by atoms with van der Waals surface area (Å²) in [6, 6.07) is 1.29. The Morgan fingerprint density at radius 3 is 2.85 bits per heavy atom. The van der Waals surface area contributed by atoms with Crippen LogP contribution in [0.5, 0.6) is 0 Å². The number of amides is 1. The Hall–Kier alpha value is -0.610. The van der Waals surface area contributed by atoms with Crippen molar-refractivity contribution in [1.29, 1.82) is 0 Å². The van der Waals surface area contributed by atoms with Crippen LogP contribution < -0.4 is 11.1 Å². The quantitative estimate of drug-likeness (QED) is 0.608.